The van der Waals surface area contributed by atoms with Gasteiger partial charge in [-0.05, 0) is 50.4 Å². The van der Waals surface area contributed by atoms with Crippen LogP contribution < -0.4 is 5.32 Å². The molecule has 1 aromatic heterocycles. The molecule has 0 bridgehead atoms. The Bertz CT molecular complexity index is 708. The number of nitriles is 1. The van der Waals surface area contributed by atoms with E-state index in [2.05, 4.69) is 55.5 Å². The molecule has 0 saturated carbocycles. The number of nitrogens with zero attached hydrogens (tertiary/aromatic N) is 3. The molecule has 4 nitrogen and oxygen atoms in total. The minimum Gasteiger partial charge on any atom is -0.320 e. The maximum absolute atomic E-state index is 10.00. The highest BCUT2D eigenvalue weighted by atomic mass is 15.3. The average molecular weight is 312 g/mol. The van der Waals surface area contributed by atoms with E-state index in [0.717, 1.165) is 42.6 Å². The lowest BCUT2D eigenvalue weighted by Gasteiger charge is -2.31. The molecule has 0 radical (unpaired) electrons. The van der Waals surface area contributed by atoms with Gasteiger partial charge in [0.25, 0.3) is 0 Å². The van der Waals surface area contributed by atoms with Crippen LogP contribution in [0.2, 0.25) is 0 Å². The second-order valence-corrected chi connectivity index (χ2v) is 6.60. The number of aromatic nitrogens is 2. The molecule has 1 atom stereocenters. The molecule has 1 heterocycles. The van der Waals surface area contributed by atoms with E-state index in [0.29, 0.717) is 0 Å². The molecule has 0 aliphatic carbocycles. The van der Waals surface area contributed by atoms with Crippen LogP contribution in [-0.4, -0.2) is 23.4 Å². The van der Waals surface area contributed by atoms with Gasteiger partial charge < -0.3 is 5.32 Å². The third-order valence-electron chi connectivity index (χ3n) is 4.96. The summed E-state index contributed by atoms with van der Waals surface area (Å²) in [6.07, 6.45) is 2.78. The summed E-state index contributed by atoms with van der Waals surface area (Å²) in [6.45, 7) is 7.35. The van der Waals surface area contributed by atoms with Crippen LogP contribution in [0.25, 0.3) is 10.9 Å². The van der Waals surface area contributed by atoms with Gasteiger partial charge >= 0.3 is 0 Å². The predicted octanol–water partition coefficient (Wildman–Crippen LogP) is 3.55. The summed E-state index contributed by atoms with van der Waals surface area (Å²) in [5, 5.41) is 19.0. The molecule has 1 N–H and O–H groups in total. The van der Waals surface area contributed by atoms with Crippen molar-refractivity contribution >= 4 is 10.9 Å². The minimum atomic E-state index is -0.443. The van der Waals surface area contributed by atoms with Crippen molar-refractivity contribution in [1.29, 1.82) is 5.26 Å². The largest absolute Gasteiger partial charge is 0.320 e. The summed E-state index contributed by atoms with van der Waals surface area (Å²) >= 11 is 0. The number of fused-ring (bicyclic) bond motifs is 1. The van der Waals surface area contributed by atoms with Gasteiger partial charge in [0.15, 0.2) is 0 Å². The first-order chi connectivity index (χ1) is 11.0. The molecule has 1 aromatic carbocycles. The van der Waals surface area contributed by atoms with Crippen LogP contribution >= 0.6 is 0 Å². The molecule has 0 saturated heterocycles. The number of nitrogens with one attached hydrogen (secondary N) is 1. The molecule has 23 heavy (non-hydrogen) atoms. The Morgan fingerprint density at radius 1 is 1.39 bits per heavy atom. The van der Waals surface area contributed by atoms with Crippen LogP contribution in [0, 0.1) is 17.2 Å². The fourth-order valence-corrected chi connectivity index (χ4v) is 3.43. The van der Waals surface area contributed by atoms with E-state index in [-0.39, 0.29) is 5.92 Å². The zero-order valence-corrected chi connectivity index (χ0v) is 15.0. The highest BCUT2D eigenvalue weighted by molar-refractivity contribution is 5.83. The Kier molecular flexibility index (Phi) is 5.43. The van der Waals surface area contributed by atoms with Crippen LogP contribution in [0.15, 0.2) is 18.2 Å². The Morgan fingerprint density at radius 2 is 2.13 bits per heavy atom. The molecule has 1 unspecified atom stereocenters. The SMILES string of the molecule is CCc1nn(C)c2cc(C(C#N)(CCCNC)C(C)C)ccc12. The summed E-state index contributed by atoms with van der Waals surface area (Å²) in [6, 6.07) is 9.08. The van der Waals surface area contributed by atoms with Crippen molar-refractivity contribution in [3.63, 3.8) is 0 Å². The molecule has 2 aromatic rings. The van der Waals surface area contributed by atoms with E-state index in [9.17, 15) is 5.26 Å². The third kappa shape index (κ3) is 3.11. The van der Waals surface area contributed by atoms with E-state index < -0.39 is 5.41 Å². The average Bonchev–Trinajstić information content (AvgIpc) is 2.87. The van der Waals surface area contributed by atoms with Crippen molar-refractivity contribution < 1.29 is 0 Å². The number of aryl methyl sites for hydroxylation is 2. The summed E-state index contributed by atoms with van der Waals surface area (Å²) in [4.78, 5) is 0. The van der Waals surface area contributed by atoms with E-state index in [4.69, 9.17) is 0 Å². The van der Waals surface area contributed by atoms with Crippen molar-refractivity contribution in [2.75, 3.05) is 13.6 Å². The first-order valence-corrected chi connectivity index (χ1v) is 8.52. The fraction of sp³-hybridized carbons (Fsp3) is 0.579. The lowest BCUT2D eigenvalue weighted by Crippen LogP contribution is -2.31. The predicted molar refractivity (Wildman–Crippen MR) is 95.4 cm³/mol. The zero-order valence-electron chi connectivity index (χ0n) is 15.0. The van der Waals surface area contributed by atoms with E-state index in [1.54, 1.807) is 0 Å². The van der Waals surface area contributed by atoms with Crippen molar-refractivity contribution in [1.82, 2.24) is 15.1 Å². The number of hydrogen-bond acceptors (Lipinski definition) is 3. The van der Waals surface area contributed by atoms with Gasteiger partial charge in [-0.25, -0.2) is 0 Å². The number of rotatable bonds is 7. The maximum atomic E-state index is 10.00. The van der Waals surface area contributed by atoms with Gasteiger partial charge in [-0.1, -0.05) is 32.9 Å². The molecule has 4 heteroatoms. The van der Waals surface area contributed by atoms with Gasteiger partial charge in [0.05, 0.1) is 22.7 Å². The summed E-state index contributed by atoms with van der Waals surface area (Å²) in [5.74, 6) is 0.265. The normalized spacial score (nSPS) is 14.1. The van der Waals surface area contributed by atoms with Gasteiger partial charge in [-0.3, -0.25) is 4.68 Å². The lowest BCUT2D eigenvalue weighted by atomic mass is 9.69. The summed E-state index contributed by atoms with van der Waals surface area (Å²) < 4.78 is 1.94. The van der Waals surface area contributed by atoms with Crippen molar-refractivity contribution in [2.24, 2.45) is 13.0 Å². The van der Waals surface area contributed by atoms with Crippen molar-refractivity contribution in [2.45, 2.75) is 45.4 Å². The van der Waals surface area contributed by atoms with Gasteiger partial charge in [0, 0.05) is 12.4 Å². The molecule has 124 valence electrons. The molecular formula is C19H28N4. The molecule has 0 spiro atoms. The molecule has 0 amide bonds. The van der Waals surface area contributed by atoms with Gasteiger partial charge in [0.1, 0.15) is 0 Å². The first-order valence-electron chi connectivity index (χ1n) is 8.52. The van der Waals surface area contributed by atoms with Crippen LogP contribution in [0.4, 0.5) is 0 Å². The zero-order chi connectivity index (χ0) is 17.0. The van der Waals surface area contributed by atoms with Gasteiger partial charge in [0.2, 0.25) is 0 Å². The number of hydrogen-bond donors (Lipinski definition) is 1. The van der Waals surface area contributed by atoms with Crippen molar-refractivity contribution in [3.05, 3.63) is 29.5 Å². The van der Waals surface area contributed by atoms with Crippen LogP contribution in [0.3, 0.4) is 0 Å². The molecular weight excluding hydrogens is 284 g/mol. The maximum Gasteiger partial charge on any atom is 0.0846 e. The molecule has 0 fully saturated rings. The summed E-state index contributed by atoms with van der Waals surface area (Å²) in [7, 11) is 3.94. The van der Waals surface area contributed by atoms with E-state index >= 15 is 0 Å². The first kappa shape index (κ1) is 17.5. The van der Waals surface area contributed by atoms with Gasteiger partial charge in [-0.2, -0.15) is 10.4 Å². The van der Waals surface area contributed by atoms with E-state index in [1.165, 1.54) is 5.39 Å². The molecule has 0 aliphatic heterocycles. The monoisotopic (exact) mass is 312 g/mol. The highest BCUT2D eigenvalue weighted by Crippen LogP contribution is 2.38. The quantitative estimate of drug-likeness (QED) is 0.795. The van der Waals surface area contributed by atoms with Crippen molar-refractivity contribution in [3.8, 4) is 6.07 Å². The Hall–Kier alpha value is -1.86. The van der Waals surface area contributed by atoms with Crippen LogP contribution in [0.1, 0.15) is 44.9 Å². The Morgan fingerprint density at radius 3 is 2.70 bits per heavy atom. The second kappa shape index (κ2) is 7.14. The summed E-state index contributed by atoms with van der Waals surface area (Å²) in [5.41, 5.74) is 2.91. The van der Waals surface area contributed by atoms with Crippen LogP contribution in [-0.2, 0) is 18.9 Å². The third-order valence-corrected chi connectivity index (χ3v) is 4.96. The number of benzene rings is 1. The minimum absolute atomic E-state index is 0.265. The van der Waals surface area contributed by atoms with E-state index in [1.807, 2.05) is 18.8 Å². The standard InChI is InChI=1S/C19H28N4/c1-6-17-16-9-8-15(12-18(16)23(5)22-17)19(13-20,14(2)3)10-7-11-21-4/h8-9,12,14,21H,6-7,10-11H2,1-5H3. The second-order valence-electron chi connectivity index (χ2n) is 6.60. The van der Waals surface area contributed by atoms with Crippen LogP contribution in [0.5, 0.6) is 0 Å². The Balaban J connectivity index is 2.52. The molecule has 2 rings (SSSR count). The smallest absolute Gasteiger partial charge is 0.0846 e. The molecule has 0 aliphatic rings. The lowest BCUT2D eigenvalue weighted by molar-refractivity contribution is 0.358. The fourth-order valence-electron chi connectivity index (χ4n) is 3.43. The van der Waals surface area contributed by atoms with Gasteiger partial charge in [-0.15, -0.1) is 0 Å². The highest BCUT2D eigenvalue weighted by Gasteiger charge is 2.35. The topological polar surface area (TPSA) is 53.6 Å². The Labute approximate surface area is 139 Å².